The van der Waals surface area contributed by atoms with Crippen molar-refractivity contribution in [3.8, 4) is 5.75 Å². The molecule has 0 aromatic heterocycles. The zero-order chi connectivity index (χ0) is 16.9. The lowest BCUT2D eigenvalue weighted by Crippen LogP contribution is -2.28. The predicted molar refractivity (Wildman–Crippen MR) is 92.4 cm³/mol. The molecule has 0 radical (unpaired) electrons. The van der Waals surface area contributed by atoms with Crippen LogP contribution in [0.3, 0.4) is 0 Å². The van der Waals surface area contributed by atoms with Gasteiger partial charge in [0.15, 0.2) is 0 Å². The third kappa shape index (κ3) is 4.56. The van der Waals surface area contributed by atoms with Crippen LogP contribution < -0.4 is 9.46 Å². The highest BCUT2D eigenvalue weighted by Crippen LogP contribution is 2.22. The third-order valence-electron chi connectivity index (χ3n) is 3.69. The molecule has 0 aliphatic rings. The first kappa shape index (κ1) is 17.5. The molecule has 2 rings (SSSR count). The summed E-state index contributed by atoms with van der Waals surface area (Å²) in [6.07, 6.45) is 0.886. The monoisotopic (exact) mass is 333 g/mol. The van der Waals surface area contributed by atoms with Crippen molar-refractivity contribution in [2.45, 2.75) is 32.1 Å². The van der Waals surface area contributed by atoms with Crippen molar-refractivity contribution in [1.82, 2.24) is 4.72 Å². The average molecular weight is 333 g/mol. The highest BCUT2D eigenvalue weighted by atomic mass is 32.2. The number of aryl methyl sites for hydroxylation is 3. The van der Waals surface area contributed by atoms with E-state index >= 15 is 0 Å². The molecule has 2 aromatic carbocycles. The van der Waals surface area contributed by atoms with Gasteiger partial charge in [-0.15, -0.1) is 0 Å². The van der Waals surface area contributed by atoms with Crippen LogP contribution in [0.25, 0.3) is 0 Å². The van der Waals surface area contributed by atoms with Crippen LogP contribution in [0.4, 0.5) is 0 Å². The van der Waals surface area contributed by atoms with Crippen molar-refractivity contribution < 1.29 is 13.2 Å². The quantitative estimate of drug-likeness (QED) is 0.792. The molecule has 0 aliphatic carbocycles. The minimum atomic E-state index is -3.49. The minimum Gasteiger partial charge on any atom is -0.492 e. The molecule has 0 aliphatic heterocycles. The van der Waals surface area contributed by atoms with E-state index in [1.54, 1.807) is 12.1 Å². The highest BCUT2D eigenvalue weighted by Gasteiger charge is 2.13. The van der Waals surface area contributed by atoms with E-state index in [9.17, 15) is 8.42 Å². The van der Waals surface area contributed by atoms with E-state index in [1.807, 2.05) is 51.1 Å². The zero-order valence-electron chi connectivity index (χ0n) is 13.8. The number of para-hydroxylation sites is 1. The van der Waals surface area contributed by atoms with Gasteiger partial charge in [0.2, 0.25) is 10.0 Å². The molecule has 5 heteroatoms. The van der Waals surface area contributed by atoms with E-state index in [0.717, 1.165) is 28.9 Å². The van der Waals surface area contributed by atoms with Gasteiger partial charge in [0, 0.05) is 6.54 Å². The molecule has 124 valence electrons. The number of sulfonamides is 1. The molecule has 4 nitrogen and oxygen atoms in total. The maximum atomic E-state index is 12.2. The van der Waals surface area contributed by atoms with Crippen molar-refractivity contribution in [3.05, 3.63) is 59.2 Å². The normalized spacial score (nSPS) is 11.4. The second-order valence-corrected chi connectivity index (χ2v) is 7.23. The summed E-state index contributed by atoms with van der Waals surface area (Å²) in [5.41, 5.74) is 3.20. The molecule has 0 bridgehead atoms. The average Bonchev–Trinajstić information content (AvgIpc) is 2.53. The fraction of sp³-hybridized carbons (Fsp3) is 0.333. The van der Waals surface area contributed by atoms with Gasteiger partial charge in [-0.3, -0.25) is 0 Å². The molecule has 0 saturated carbocycles. The summed E-state index contributed by atoms with van der Waals surface area (Å²) in [7, 11) is -3.49. The van der Waals surface area contributed by atoms with Gasteiger partial charge >= 0.3 is 0 Å². The summed E-state index contributed by atoms with van der Waals surface area (Å²) in [6, 6.07) is 12.9. The highest BCUT2D eigenvalue weighted by molar-refractivity contribution is 7.89. The molecule has 0 spiro atoms. The first-order valence-electron chi connectivity index (χ1n) is 7.71. The van der Waals surface area contributed by atoms with Gasteiger partial charge in [0.05, 0.1) is 4.90 Å². The van der Waals surface area contributed by atoms with Crippen molar-refractivity contribution in [2.24, 2.45) is 0 Å². The Balaban J connectivity index is 1.92. The van der Waals surface area contributed by atoms with Crippen LogP contribution in [0.15, 0.2) is 47.4 Å². The van der Waals surface area contributed by atoms with Crippen molar-refractivity contribution in [2.75, 3.05) is 13.2 Å². The Labute approximate surface area is 138 Å². The molecule has 0 unspecified atom stereocenters. The summed E-state index contributed by atoms with van der Waals surface area (Å²) in [6.45, 7) is 6.50. The van der Waals surface area contributed by atoms with Crippen LogP contribution >= 0.6 is 0 Å². The Morgan fingerprint density at radius 1 is 1.00 bits per heavy atom. The van der Waals surface area contributed by atoms with Crippen molar-refractivity contribution in [1.29, 1.82) is 0 Å². The fourth-order valence-corrected chi connectivity index (χ4v) is 3.36. The molecule has 2 aromatic rings. The predicted octanol–water partition coefficient (Wildman–Crippen LogP) is 3.22. The Kier molecular flexibility index (Phi) is 5.80. The largest absolute Gasteiger partial charge is 0.492 e. The van der Waals surface area contributed by atoms with Crippen LogP contribution in [-0.2, 0) is 16.4 Å². The van der Waals surface area contributed by atoms with Crippen LogP contribution in [0.2, 0.25) is 0 Å². The first-order chi connectivity index (χ1) is 10.9. The Bertz CT molecular complexity index is 732. The molecule has 23 heavy (non-hydrogen) atoms. The molecule has 0 heterocycles. The summed E-state index contributed by atoms with van der Waals surface area (Å²) < 4.78 is 32.7. The van der Waals surface area contributed by atoms with Gasteiger partial charge in [-0.2, -0.15) is 0 Å². The van der Waals surface area contributed by atoms with Crippen LogP contribution in [-0.4, -0.2) is 21.6 Å². The second kappa shape index (κ2) is 7.62. The fourth-order valence-electron chi connectivity index (χ4n) is 2.34. The van der Waals surface area contributed by atoms with Crippen LogP contribution in [0, 0.1) is 13.8 Å². The number of ether oxygens (including phenoxy) is 1. The maximum absolute atomic E-state index is 12.2. The summed E-state index contributed by atoms with van der Waals surface area (Å²) in [5, 5.41) is 0. The number of rotatable bonds is 7. The Hall–Kier alpha value is -1.85. The third-order valence-corrected chi connectivity index (χ3v) is 5.17. The lowest BCUT2D eigenvalue weighted by molar-refractivity contribution is 0.318. The minimum absolute atomic E-state index is 0.228. The zero-order valence-corrected chi connectivity index (χ0v) is 14.6. The molecule has 0 saturated heterocycles. The number of hydrogen-bond donors (Lipinski definition) is 1. The van der Waals surface area contributed by atoms with E-state index in [1.165, 1.54) is 0 Å². The second-order valence-electron chi connectivity index (χ2n) is 5.46. The van der Waals surface area contributed by atoms with Crippen molar-refractivity contribution in [3.63, 3.8) is 0 Å². The summed E-state index contributed by atoms with van der Waals surface area (Å²) in [4.78, 5) is 0.279. The van der Waals surface area contributed by atoms with Gasteiger partial charge in [-0.05, 0) is 49.1 Å². The molecule has 0 atom stereocenters. The van der Waals surface area contributed by atoms with Gasteiger partial charge < -0.3 is 4.74 Å². The van der Waals surface area contributed by atoms with Crippen LogP contribution in [0.1, 0.15) is 23.6 Å². The van der Waals surface area contributed by atoms with E-state index in [2.05, 4.69) is 4.72 Å². The van der Waals surface area contributed by atoms with Gasteiger partial charge in [-0.1, -0.05) is 37.3 Å². The lowest BCUT2D eigenvalue weighted by Gasteiger charge is -2.12. The van der Waals surface area contributed by atoms with E-state index in [4.69, 9.17) is 4.74 Å². The van der Waals surface area contributed by atoms with Gasteiger partial charge in [-0.25, -0.2) is 13.1 Å². The van der Waals surface area contributed by atoms with Gasteiger partial charge in [0.1, 0.15) is 12.4 Å². The molecule has 1 N–H and O–H groups in total. The lowest BCUT2D eigenvalue weighted by atomic mass is 10.1. The maximum Gasteiger partial charge on any atom is 0.240 e. The molecular weight excluding hydrogens is 310 g/mol. The molecule has 0 fully saturated rings. The van der Waals surface area contributed by atoms with E-state index in [0.29, 0.717) is 0 Å². The Morgan fingerprint density at radius 2 is 1.61 bits per heavy atom. The number of hydrogen-bond acceptors (Lipinski definition) is 3. The van der Waals surface area contributed by atoms with Crippen LogP contribution in [0.5, 0.6) is 5.75 Å². The summed E-state index contributed by atoms with van der Waals surface area (Å²) in [5.74, 6) is 0.819. The van der Waals surface area contributed by atoms with Gasteiger partial charge in [0.25, 0.3) is 0 Å². The summed E-state index contributed by atoms with van der Waals surface area (Å²) >= 11 is 0. The Morgan fingerprint density at radius 3 is 2.17 bits per heavy atom. The number of nitrogens with one attached hydrogen (secondary N) is 1. The standard InChI is InChI=1S/C18H23NO3S/c1-4-16-8-10-17(11-9-16)23(20,21)19-12-13-22-18-14(2)6-5-7-15(18)3/h5-11,19H,4,12-13H2,1-3H3. The number of benzene rings is 2. The molecular formula is C18H23NO3S. The first-order valence-corrected chi connectivity index (χ1v) is 9.20. The molecule has 0 amide bonds. The van der Waals surface area contributed by atoms with E-state index in [-0.39, 0.29) is 18.0 Å². The SMILES string of the molecule is CCc1ccc(S(=O)(=O)NCCOc2c(C)cccc2C)cc1. The smallest absolute Gasteiger partial charge is 0.240 e. The van der Waals surface area contributed by atoms with E-state index < -0.39 is 10.0 Å². The van der Waals surface area contributed by atoms with Crippen molar-refractivity contribution >= 4 is 10.0 Å². The topological polar surface area (TPSA) is 55.4 Å².